The minimum atomic E-state index is -0.412. The summed E-state index contributed by atoms with van der Waals surface area (Å²) in [5.41, 5.74) is 5.77. The third-order valence-corrected chi connectivity index (χ3v) is 3.30. The number of hydrogen-bond acceptors (Lipinski definition) is 2. The van der Waals surface area contributed by atoms with Crippen LogP contribution >= 0.6 is 0 Å². The molecule has 1 saturated carbocycles. The molecule has 1 fully saturated rings. The third kappa shape index (κ3) is 3.43. The highest BCUT2D eigenvalue weighted by atomic mass is 19.1. The van der Waals surface area contributed by atoms with Gasteiger partial charge in [-0.25, -0.2) is 9.18 Å². The maximum atomic E-state index is 12.7. The number of amides is 3. The number of carbonyl (C=O) groups excluding carboxylic acids is 2. The number of carbonyl (C=O) groups is 2. The Balaban J connectivity index is 1.90. The molecule has 1 aliphatic carbocycles. The molecule has 0 saturated heterocycles. The molecule has 4 N–H and O–H groups in total. The molecule has 3 amide bonds. The Labute approximate surface area is 110 Å². The average molecular weight is 265 g/mol. The Morgan fingerprint density at radius 1 is 1.21 bits per heavy atom. The van der Waals surface area contributed by atoms with E-state index < -0.39 is 6.03 Å². The van der Waals surface area contributed by atoms with E-state index in [2.05, 4.69) is 10.6 Å². The number of rotatable bonds is 3. The van der Waals surface area contributed by atoms with Gasteiger partial charge in [-0.3, -0.25) is 4.79 Å². The smallest absolute Gasteiger partial charge is 0.319 e. The minimum Gasteiger partial charge on any atom is -0.369 e. The average Bonchev–Trinajstić information content (AvgIpc) is 2.80. The maximum absolute atomic E-state index is 12.7. The standard InChI is InChI=1S/C13H16FN3O2/c14-8-4-6-9(7-5-8)16-13(19)17-11-3-1-2-10(11)12(15)18/h4-7,10-11H,1-3H2,(H2,15,18)(H2,16,17,19). The second kappa shape index (κ2) is 5.69. The molecule has 0 bridgehead atoms. The van der Waals surface area contributed by atoms with E-state index in [1.165, 1.54) is 24.3 Å². The van der Waals surface area contributed by atoms with Crippen molar-refractivity contribution >= 4 is 17.6 Å². The Kier molecular flexibility index (Phi) is 3.99. The van der Waals surface area contributed by atoms with Gasteiger partial charge in [0.2, 0.25) is 5.91 Å². The number of anilines is 1. The fourth-order valence-corrected chi connectivity index (χ4v) is 2.34. The van der Waals surface area contributed by atoms with Crippen molar-refractivity contribution in [1.82, 2.24) is 5.32 Å². The van der Waals surface area contributed by atoms with Crippen molar-refractivity contribution in [1.29, 1.82) is 0 Å². The zero-order valence-electron chi connectivity index (χ0n) is 10.4. The van der Waals surface area contributed by atoms with Gasteiger partial charge < -0.3 is 16.4 Å². The molecule has 0 radical (unpaired) electrons. The highest BCUT2D eigenvalue weighted by molar-refractivity contribution is 5.90. The van der Waals surface area contributed by atoms with Crippen LogP contribution in [0.1, 0.15) is 19.3 Å². The van der Waals surface area contributed by atoms with Gasteiger partial charge in [-0.15, -0.1) is 0 Å². The fraction of sp³-hybridized carbons (Fsp3) is 0.385. The second-order valence-corrected chi connectivity index (χ2v) is 4.65. The SMILES string of the molecule is NC(=O)C1CCCC1NC(=O)Nc1ccc(F)cc1. The van der Waals surface area contributed by atoms with Gasteiger partial charge in [0.05, 0.1) is 5.92 Å². The molecule has 1 aromatic rings. The van der Waals surface area contributed by atoms with Crippen LogP contribution in [0.5, 0.6) is 0 Å². The molecule has 6 heteroatoms. The van der Waals surface area contributed by atoms with Crippen LogP contribution in [0.4, 0.5) is 14.9 Å². The van der Waals surface area contributed by atoms with Gasteiger partial charge in [0.1, 0.15) is 5.82 Å². The summed E-state index contributed by atoms with van der Waals surface area (Å²) in [6.45, 7) is 0. The van der Waals surface area contributed by atoms with Crippen molar-refractivity contribution in [2.75, 3.05) is 5.32 Å². The van der Waals surface area contributed by atoms with E-state index in [-0.39, 0.29) is 23.7 Å². The van der Waals surface area contributed by atoms with Crippen LogP contribution in [0.15, 0.2) is 24.3 Å². The number of nitrogens with two attached hydrogens (primary N) is 1. The molecule has 0 aliphatic heterocycles. The fourth-order valence-electron chi connectivity index (χ4n) is 2.34. The highest BCUT2D eigenvalue weighted by Crippen LogP contribution is 2.25. The monoisotopic (exact) mass is 265 g/mol. The lowest BCUT2D eigenvalue weighted by molar-refractivity contribution is -0.122. The van der Waals surface area contributed by atoms with Gasteiger partial charge >= 0.3 is 6.03 Å². The first-order valence-corrected chi connectivity index (χ1v) is 6.18. The normalized spacial score (nSPS) is 21.9. The van der Waals surface area contributed by atoms with Crippen LogP contribution in [0.3, 0.4) is 0 Å². The molecule has 2 rings (SSSR count). The van der Waals surface area contributed by atoms with Crippen LogP contribution in [-0.4, -0.2) is 18.0 Å². The van der Waals surface area contributed by atoms with Gasteiger partial charge in [-0.2, -0.15) is 0 Å². The molecule has 0 aromatic heterocycles. The van der Waals surface area contributed by atoms with Crippen LogP contribution < -0.4 is 16.4 Å². The summed E-state index contributed by atoms with van der Waals surface area (Å²) in [5, 5.41) is 5.32. The molecule has 2 unspecified atom stereocenters. The van der Waals surface area contributed by atoms with Gasteiger partial charge in [0.15, 0.2) is 0 Å². The van der Waals surface area contributed by atoms with E-state index in [0.717, 1.165) is 12.8 Å². The van der Waals surface area contributed by atoms with Gasteiger partial charge in [0.25, 0.3) is 0 Å². The van der Waals surface area contributed by atoms with Crippen LogP contribution in [0.25, 0.3) is 0 Å². The number of primary amides is 1. The number of nitrogens with one attached hydrogen (secondary N) is 2. The van der Waals surface area contributed by atoms with Gasteiger partial charge in [-0.05, 0) is 37.1 Å². The maximum Gasteiger partial charge on any atom is 0.319 e. The van der Waals surface area contributed by atoms with E-state index in [1.807, 2.05) is 0 Å². The number of halogens is 1. The summed E-state index contributed by atoms with van der Waals surface area (Å²) in [6.07, 6.45) is 2.32. The molecule has 0 heterocycles. The molecule has 5 nitrogen and oxygen atoms in total. The summed E-state index contributed by atoms with van der Waals surface area (Å²) in [6, 6.07) is 4.82. The molecule has 2 atom stereocenters. The van der Waals surface area contributed by atoms with Gasteiger partial charge in [-0.1, -0.05) is 6.42 Å². The molecular formula is C13H16FN3O2. The summed E-state index contributed by atoms with van der Waals surface area (Å²) in [7, 11) is 0. The summed E-state index contributed by atoms with van der Waals surface area (Å²) in [4.78, 5) is 23.0. The van der Waals surface area contributed by atoms with Crippen LogP contribution in [0, 0.1) is 11.7 Å². The van der Waals surface area contributed by atoms with Crippen molar-refractivity contribution in [3.63, 3.8) is 0 Å². The Hall–Kier alpha value is -2.11. The first-order chi connectivity index (χ1) is 9.06. The zero-order valence-corrected chi connectivity index (χ0v) is 10.4. The van der Waals surface area contributed by atoms with Crippen molar-refractivity contribution in [2.45, 2.75) is 25.3 Å². The van der Waals surface area contributed by atoms with E-state index in [0.29, 0.717) is 12.1 Å². The minimum absolute atomic E-state index is 0.224. The first-order valence-electron chi connectivity index (χ1n) is 6.18. The lowest BCUT2D eigenvalue weighted by Gasteiger charge is -2.18. The second-order valence-electron chi connectivity index (χ2n) is 4.65. The molecule has 19 heavy (non-hydrogen) atoms. The Bertz CT molecular complexity index is 475. The topological polar surface area (TPSA) is 84.2 Å². The number of hydrogen-bond donors (Lipinski definition) is 3. The first kappa shape index (κ1) is 13.3. The molecule has 0 spiro atoms. The van der Waals surface area contributed by atoms with E-state index in [1.54, 1.807) is 0 Å². The molecular weight excluding hydrogens is 249 g/mol. The Morgan fingerprint density at radius 3 is 2.53 bits per heavy atom. The Morgan fingerprint density at radius 2 is 1.89 bits per heavy atom. The van der Waals surface area contributed by atoms with Crippen molar-refractivity contribution in [3.05, 3.63) is 30.1 Å². The summed E-state index contributed by atoms with van der Waals surface area (Å²) in [5.74, 6) is -1.06. The third-order valence-electron chi connectivity index (χ3n) is 3.30. The summed E-state index contributed by atoms with van der Waals surface area (Å²) >= 11 is 0. The molecule has 1 aromatic carbocycles. The van der Waals surface area contributed by atoms with E-state index in [9.17, 15) is 14.0 Å². The molecule has 1 aliphatic rings. The van der Waals surface area contributed by atoms with Crippen molar-refractivity contribution in [3.8, 4) is 0 Å². The largest absolute Gasteiger partial charge is 0.369 e. The van der Waals surface area contributed by atoms with Crippen LogP contribution in [0.2, 0.25) is 0 Å². The predicted octanol–water partition coefficient (Wildman–Crippen LogP) is 1.60. The highest BCUT2D eigenvalue weighted by Gasteiger charge is 2.32. The lowest BCUT2D eigenvalue weighted by Crippen LogP contribution is -2.44. The van der Waals surface area contributed by atoms with E-state index in [4.69, 9.17) is 5.73 Å². The number of urea groups is 1. The zero-order chi connectivity index (χ0) is 13.8. The van der Waals surface area contributed by atoms with Crippen molar-refractivity contribution in [2.24, 2.45) is 11.7 Å². The lowest BCUT2D eigenvalue weighted by atomic mass is 10.0. The quantitative estimate of drug-likeness (QED) is 0.775. The predicted molar refractivity (Wildman–Crippen MR) is 68.9 cm³/mol. The number of benzene rings is 1. The van der Waals surface area contributed by atoms with E-state index >= 15 is 0 Å². The summed E-state index contributed by atoms with van der Waals surface area (Å²) < 4.78 is 12.7. The molecule has 102 valence electrons. The van der Waals surface area contributed by atoms with Crippen LogP contribution in [-0.2, 0) is 4.79 Å². The van der Waals surface area contributed by atoms with Gasteiger partial charge in [0, 0.05) is 11.7 Å². The van der Waals surface area contributed by atoms with Crippen molar-refractivity contribution < 1.29 is 14.0 Å².